The van der Waals surface area contributed by atoms with Crippen LogP contribution in [0.2, 0.25) is 0 Å². The lowest BCUT2D eigenvalue weighted by Crippen LogP contribution is -2.56. The molecule has 1 heterocycles. The molecule has 11 heteroatoms. The van der Waals surface area contributed by atoms with Crippen LogP contribution in [0.3, 0.4) is 0 Å². The minimum absolute atomic E-state index is 0.0747. The summed E-state index contributed by atoms with van der Waals surface area (Å²) in [6, 6.07) is 6.01. The molecular weight excluding hydrogens is 472 g/mol. The zero-order chi connectivity index (χ0) is 26.9. The normalized spacial score (nSPS) is 17.2. The number of benzene rings is 1. The number of amides is 2. The Bertz CT molecular complexity index is 877. The average Bonchev–Trinajstić information content (AvgIpc) is 2.84. The molecule has 1 aliphatic rings. The van der Waals surface area contributed by atoms with Gasteiger partial charge >= 0.3 is 18.0 Å². The third kappa shape index (κ3) is 8.44. The van der Waals surface area contributed by atoms with Gasteiger partial charge in [0.05, 0.1) is 31.5 Å². The quantitative estimate of drug-likeness (QED) is 0.270. The summed E-state index contributed by atoms with van der Waals surface area (Å²) in [7, 11) is 0. The molecule has 36 heavy (non-hydrogen) atoms. The van der Waals surface area contributed by atoms with E-state index >= 15 is 0 Å². The van der Waals surface area contributed by atoms with Gasteiger partial charge in [-0.2, -0.15) is 0 Å². The molecule has 0 aliphatic carbocycles. The van der Waals surface area contributed by atoms with E-state index in [0.717, 1.165) is 0 Å². The van der Waals surface area contributed by atoms with Gasteiger partial charge < -0.3 is 34.2 Å². The molecule has 1 aromatic carbocycles. The van der Waals surface area contributed by atoms with Gasteiger partial charge in [-0.15, -0.1) is 0 Å². The highest BCUT2D eigenvalue weighted by Gasteiger charge is 2.39. The minimum Gasteiger partial charge on any atom is -0.620 e. The van der Waals surface area contributed by atoms with E-state index in [2.05, 4.69) is 0 Å². The Morgan fingerprint density at radius 3 is 2.25 bits per heavy atom. The molecule has 0 saturated carbocycles. The maximum atomic E-state index is 13.8. The smallest absolute Gasteiger partial charge is 0.407 e. The zero-order valence-electron chi connectivity index (χ0n) is 21.7. The predicted octanol–water partition coefficient (Wildman–Crippen LogP) is 3.32. The summed E-state index contributed by atoms with van der Waals surface area (Å²) in [5.74, 6) is -0.856. The van der Waals surface area contributed by atoms with Crippen molar-refractivity contribution in [1.29, 1.82) is 0 Å². The number of quaternary nitrogens is 1. The van der Waals surface area contributed by atoms with Gasteiger partial charge in [-0.3, -0.25) is 4.65 Å². The van der Waals surface area contributed by atoms with Gasteiger partial charge in [-0.1, -0.05) is 0 Å². The van der Waals surface area contributed by atoms with Gasteiger partial charge in [0.2, 0.25) is 0 Å². The number of likely N-dealkylation sites (N-methyl/N-ethyl adjacent to an activating group) is 1. The van der Waals surface area contributed by atoms with Gasteiger partial charge in [0.15, 0.2) is 12.7 Å². The number of carbonyl (C=O) groups excluding carboxylic acids is 2. The van der Waals surface area contributed by atoms with Crippen LogP contribution in [-0.2, 0) is 23.8 Å². The van der Waals surface area contributed by atoms with E-state index in [1.165, 1.54) is 29.2 Å². The van der Waals surface area contributed by atoms with Gasteiger partial charge in [0, 0.05) is 25.2 Å². The number of piperidine rings is 1. The topological polar surface area (TPSA) is 135 Å². The lowest BCUT2D eigenvalue weighted by Gasteiger charge is -2.41. The molecule has 0 bridgehead atoms. The molecule has 0 spiro atoms. The van der Waals surface area contributed by atoms with E-state index in [4.69, 9.17) is 18.9 Å². The van der Waals surface area contributed by atoms with Crippen molar-refractivity contribution in [3.05, 3.63) is 29.5 Å². The van der Waals surface area contributed by atoms with Crippen molar-refractivity contribution in [2.75, 3.05) is 39.5 Å². The minimum atomic E-state index is -1.27. The van der Waals surface area contributed by atoms with E-state index in [-0.39, 0.29) is 38.2 Å². The number of nitrogens with zero attached hydrogens (tertiary/aromatic N) is 2. The molecule has 0 aromatic heterocycles. The fraction of sp³-hybridized carbons (Fsp3) is 0.640. The van der Waals surface area contributed by atoms with E-state index in [1.807, 2.05) is 20.8 Å². The molecule has 1 fully saturated rings. The molecule has 2 unspecified atom stereocenters. The Kier molecular flexibility index (Phi) is 10.7. The van der Waals surface area contributed by atoms with Crippen molar-refractivity contribution in [3.63, 3.8) is 0 Å². The zero-order valence-corrected chi connectivity index (χ0v) is 21.7. The third-order valence-corrected chi connectivity index (χ3v) is 5.73. The van der Waals surface area contributed by atoms with Crippen molar-refractivity contribution in [2.45, 2.75) is 65.3 Å². The van der Waals surface area contributed by atoms with Crippen LogP contribution < -0.4 is 9.38 Å². The van der Waals surface area contributed by atoms with E-state index in [9.17, 15) is 24.7 Å². The van der Waals surface area contributed by atoms with E-state index in [0.29, 0.717) is 31.7 Å². The first kappa shape index (κ1) is 29.5. The van der Waals surface area contributed by atoms with Crippen molar-refractivity contribution < 1.29 is 38.4 Å². The molecule has 1 aromatic rings. The lowest BCUT2D eigenvalue weighted by molar-refractivity contribution is -0.157. The average molecular weight is 511 g/mol. The van der Waals surface area contributed by atoms with E-state index in [1.54, 1.807) is 13.8 Å². The van der Waals surface area contributed by atoms with Crippen molar-refractivity contribution in [3.8, 4) is 5.75 Å². The summed E-state index contributed by atoms with van der Waals surface area (Å²) in [5, 5.41) is 23.0. The number of esters is 1. The van der Waals surface area contributed by atoms with Gasteiger partial charge in [-0.25, -0.2) is 14.4 Å². The Labute approximate surface area is 212 Å². The number of ether oxygens (including phenoxy) is 4. The molecule has 1 N–H and O–H groups in total. The van der Waals surface area contributed by atoms with Crippen molar-refractivity contribution in [1.82, 2.24) is 9.55 Å². The summed E-state index contributed by atoms with van der Waals surface area (Å²) < 4.78 is 20.8. The van der Waals surface area contributed by atoms with Crippen molar-refractivity contribution in [2.24, 2.45) is 0 Å². The fourth-order valence-corrected chi connectivity index (χ4v) is 3.74. The summed E-state index contributed by atoms with van der Waals surface area (Å²) in [6.45, 7) is 9.22. The molecule has 2 rings (SSSR count). The van der Waals surface area contributed by atoms with Crippen LogP contribution in [0.25, 0.3) is 0 Å². The number of hydrogen-bond acceptors (Lipinski definition) is 8. The highest BCUT2D eigenvalue weighted by molar-refractivity contribution is 5.92. The molecule has 11 nitrogen and oxygen atoms in total. The number of rotatable bonds is 11. The third-order valence-electron chi connectivity index (χ3n) is 5.73. The van der Waals surface area contributed by atoms with Crippen LogP contribution in [0.1, 0.15) is 47.5 Å². The number of carbonyl (C=O) groups is 3. The number of hydrogen-bond donors (Lipinski definition) is 1. The summed E-state index contributed by atoms with van der Waals surface area (Å²) in [5.41, 5.74) is -0.368. The lowest BCUT2D eigenvalue weighted by atomic mass is 10.1. The Morgan fingerprint density at radius 2 is 1.75 bits per heavy atom. The highest BCUT2D eigenvalue weighted by atomic mass is 16.6. The fourth-order valence-electron chi connectivity index (χ4n) is 3.74. The molecule has 2 atom stereocenters. The second kappa shape index (κ2) is 13.0. The second-order valence-corrected chi connectivity index (χ2v) is 9.50. The standard InChI is InChI=1S/C25H38N2O9/c1-6-27(32,18-8-10-19(11-9-18)34-17-22(28)33-7-2)23(29)21(16-35-25(3,4)5)36-20-12-14-26(15-13-20)24(30)31/h8-11,20-21H,6-7,12-17H2,1-5H3,(H,30,31). The highest BCUT2D eigenvalue weighted by Crippen LogP contribution is 2.28. The van der Waals surface area contributed by atoms with Crippen LogP contribution in [0.4, 0.5) is 10.5 Å². The largest absolute Gasteiger partial charge is 0.620 e. The summed E-state index contributed by atoms with van der Waals surface area (Å²) >= 11 is 0. The Hall–Kier alpha value is -2.73. The molecule has 1 saturated heterocycles. The maximum absolute atomic E-state index is 13.8. The summed E-state index contributed by atoms with van der Waals surface area (Å²) in [6.07, 6.45) is -1.66. The molecule has 0 radical (unpaired) electrons. The Balaban J connectivity index is 2.17. The monoisotopic (exact) mass is 510 g/mol. The predicted molar refractivity (Wildman–Crippen MR) is 132 cm³/mol. The maximum Gasteiger partial charge on any atom is 0.407 e. The summed E-state index contributed by atoms with van der Waals surface area (Å²) in [4.78, 5) is 37.6. The number of carboxylic acid groups (broad SMARTS) is 1. The van der Waals surface area contributed by atoms with Gasteiger partial charge in [0.1, 0.15) is 11.4 Å². The molecule has 202 valence electrons. The first-order valence-corrected chi connectivity index (χ1v) is 12.2. The van der Waals surface area contributed by atoms with Gasteiger partial charge in [-0.05, 0) is 59.6 Å². The van der Waals surface area contributed by atoms with E-state index < -0.39 is 34.3 Å². The van der Waals surface area contributed by atoms with Crippen molar-refractivity contribution >= 4 is 23.7 Å². The van der Waals surface area contributed by atoms with Gasteiger partial charge in [0.25, 0.3) is 0 Å². The second-order valence-electron chi connectivity index (χ2n) is 9.50. The first-order valence-electron chi connectivity index (χ1n) is 12.2. The van der Waals surface area contributed by atoms with Crippen LogP contribution >= 0.6 is 0 Å². The van der Waals surface area contributed by atoms with Crippen LogP contribution in [0, 0.1) is 5.21 Å². The number of hydroxylamine groups is 2. The van der Waals surface area contributed by atoms with Crippen LogP contribution in [-0.4, -0.2) is 85.2 Å². The first-order chi connectivity index (χ1) is 16.9. The van der Waals surface area contributed by atoms with Crippen LogP contribution in [0.5, 0.6) is 5.75 Å². The van der Waals surface area contributed by atoms with Crippen LogP contribution in [0.15, 0.2) is 24.3 Å². The molecule has 2 amide bonds. The molecule has 1 aliphatic heterocycles. The number of likely N-dealkylation sites (tertiary alicyclic amines) is 1. The SMILES string of the molecule is CCOC(=O)COc1ccc([N+]([O-])(CC)C(=O)C(COC(C)(C)C)OC2CCN(C(=O)O)CC2)cc1. The molecular formula is C25H38N2O9. The Morgan fingerprint density at radius 1 is 1.14 bits per heavy atom.